The van der Waals surface area contributed by atoms with Crippen LogP contribution in [0, 0.1) is 5.82 Å². The van der Waals surface area contributed by atoms with E-state index in [4.69, 9.17) is 4.99 Å². The second-order valence-electron chi connectivity index (χ2n) is 11.1. The lowest BCUT2D eigenvalue weighted by molar-refractivity contribution is 0.121. The quantitative estimate of drug-likeness (QED) is 0.458. The number of anilines is 1. The molecule has 1 spiro atoms. The Morgan fingerprint density at radius 3 is 2.54 bits per heavy atom. The van der Waals surface area contributed by atoms with Crippen LogP contribution in [-0.4, -0.2) is 46.1 Å². The maximum atomic E-state index is 14.3. The molecular formula is C31H38FN5. The van der Waals surface area contributed by atoms with Gasteiger partial charge in [-0.2, -0.15) is 0 Å². The van der Waals surface area contributed by atoms with Crippen molar-refractivity contribution in [2.45, 2.75) is 76.0 Å². The summed E-state index contributed by atoms with van der Waals surface area (Å²) in [5, 5.41) is 3.89. The number of amidine groups is 1. The summed E-state index contributed by atoms with van der Waals surface area (Å²) in [6.07, 6.45) is 12.5. The molecule has 1 saturated carbocycles. The normalized spacial score (nSPS) is 25.0. The molecule has 3 aromatic rings. The van der Waals surface area contributed by atoms with Gasteiger partial charge in [0.05, 0.1) is 0 Å². The van der Waals surface area contributed by atoms with E-state index in [1.54, 1.807) is 6.07 Å². The topological polar surface area (TPSA) is 35.8 Å². The number of nitrogens with zero attached hydrogens (tertiary/aromatic N) is 4. The molecule has 6 rings (SSSR count). The molecule has 0 bridgehead atoms. The highest BCUT2D eigenvalue weighted by molar-refractivity contribution is 5.97. The molecule has 1 aromatic heterocycles. The van der Waals surface area contributed by atoms with Gasteiger partial charge in [0, 0.05) is 48.9 Å². The monoisotopic (exact) mass is 499 g/mol. The molecule has 2 aromatic carbocycles. The fourth-order valence-corrected chi connectivity index (χ4v) is 6.67. The molecule has 37 heavy (non-hydrogen) atoms. The second-order valence-corrected chi connectivity index (χ2v) is 11.1. The van der Waals surface area contributed by atoms with Crippen LogP contribution >= 0.6 is 0 Å². The highest BCUT2D eigenvalue weighted by Gasteiger charge is 2.50. The molecule has 1 N–H and O–H groups in total. The van der Waals surface area contributed by atoms with Crippen molar-refractivity contribution >= 4 is 11.5 Å². The van der Waals surface area contributed by atoms with Crippen molar-refractivity contribution in [1.82, 2.24) is 14.8 Å². The number of rotatable bonds is 5. The lowest BCUT2D eigenvalue weighted by Crippen LogP contribution is -2.63. The summed E-state index contributed by atoms with van der Waals surface area (Å²) in [4.78, 5) is 10.0. The van der Waals surface area contributed by atoms with Gasteiger partial charge in [0.1, 0.15) is 23.9 Å². The minimum Gasteiger partial charge on any atom is -0.369 e. The average molecular weight is 500 g/mol. The fourth-order valence-electron chi connectivity index (χ4n) is 6.67. The summed E-state index contributed by atoms with van der Waals surface area (Å²) in [6.45, 7) is 4.84. The molecule has 194 valence electrons. The zero-order chi connectivity index (χ0) is 25.2. The lowest BCUT2D eigenvalue weighted by Gasteiger charge is -2.49. The van der Waals surface area contributed by atoms with Gasteiger partial charge in [0.2, 0.25) is 0 Å². The lowest BCUT2D eigenvalue weighted by atomic mass is 9.80. The van der Waals surface area contributed by atoms with Crippen LogP contribution in [0.1, 0.15) is 57.4 Å². The van der Waals surface area contributed by atoms with Crippen LogP contribution in [0.2, 0.25) is 0 Å². The highest BCUT2D eigenvalue weighted by atomic mass is 19.1. The summed E-state index contributed by atoms with van der Waals surface area (Å²) < 4.78 is 16.4. The first-order valence-corrected chi connectivity index (χ1v) is 13.9. The van der Waals surface area contributed by atoms with Gasteiger partial charge < -0.3 is 14.8 Å². The molecule has 1 saturated heterocycles. The molecule has 2 aliphatic heterocycles. The Bertz CT molecular complexity index is 1230. The summed E-state index contributed by atoms with van der Waals surface area (Å²) in [5.41, 5.74) is 3.25. The third-order valence-electron chi connectivity index (χ3n) is 8.66. The number of piperidine rings is 1. The molecule has 3 heterocycles. The van der Waals surface area contributed by atoms with E-state index in [0.717, 1.165) is 37.5 Å². The number of likely N-dealkylation sites (tertiary alicyclic amines) is 1. The van der Waals surface area contributed by atoms with Crippen molar-refractivity contribution in [3.8, 4) is 5.69 Å². The molecule has 2 unspecified atom stereocenters. The fraction of sp³-hybridized carbons (Fsp3) is 0.452. The zero-order valence-corrected chi connectivity index (χ0v) is 21.8. The Balaban J connectivity index is 1.23. The SMILES string of the molecule is CC1CC2(CCN1Cc1cccc(-n3cccc3)c1)C(NC1CCCCC1)=NCN2c1cccc(F)c1. The van der Waals surface area contributed by atoms with E-state index in [1.807, 2.05) is 12.1 Å². The number of benzene rings is 2. The van der Waals surface area contributed by atoms with Gasteiger partial charge in [-0.15, -0.1) is 0 Å². The van der Waals surface area contributed by atoms with Gasteiger partial charge >= 0.3 is 0 Å². The minimum absolute atomic E-state index is 0.186. The van der Waals surface area contributed by atoms with Crippen molar-refractivity contribution in [3.63, 3.8) is 0 Å². The van der Waals surface area contributed by atoms with Crippen LogP contribution in [0.3, 0.4) is 0 Å². The Hall–Kier alpha value is -3.12. The number of aromatic nitrogens is 1. The average Bonchev–Trinajstić information content (AvgIpc) is 3.56. The van der Waals surface area contributed by atoms with Gasteiger partial charge in [-0.25, -0.2) is 9.38 Å². The molecule has 2 atom stereocenters. The van der Waals surface area contributed by atoms with E-state index in [2.05, 4.69) is 75.4 Å². The summed E-state index contributed by atoms with van der Waals surface area (Å²) in [5.74, 6) is 0.944. The number of hydrogen-bond donors (Lipinski definition) is 1. The number of halogens is 1. The van der Waals surface area contributed by atoms with Crippen LogP contribution in [0.25, 0.3) is 5.69 Å². The van der Waals surface area contributed by atoms with E-state index in [1.165, 1.54) is 49.4 Å². The first kappa shape index (κ1) is 24.2. The largest absolute Gasteiger partial charge is 0.369 e. The zero-order valence-electron chi connectivity index (χ0n) is 21.8. The molecule has 2 fully saturated rings. The molecule has 5 nitrogen and oxygen atoms in total. The molecule has 0 amide bonds. The first-order valence-electron chi connectivity index (χ1n) is 13.9. The molecule has 6 heteroatoms. The molecule has 1 aliphatic carbocycles. The van der Waals surface area contributed by atoms with Gasteiger partial charge in [-0.1, -0.05) is 37.5 Å². The highest BCUT2D eigenvalue weighted by Crippen LogP contribution is 2.40. The van der Waals surface area contributed by atoms with E-state index in [-0.39, 0.29) is 11.4 Å². The predicted molar refractivity (Wildman–Crippen MR) is 149 cm³/mol. The van der Waals surface area contributed by atoms with Gasteiger partial charge in [-0.05, 0) is 80.6 Å². The van der Waals surface area contributed by atoms with Crippen molar-refractivity contribution in [2.24, 2.45) is 4.99 Å². The van der Waals surface area contributed by atoms with Crippen molar-refractivity contribution in [1.29, 1.82) is 0 Å². The predicted octanol–water partition coefficient (Wildman–Crippen LogP) is 6.14. The van der Waals surface area contributed by atoms with E-state index in [9.17, 15) is 4.39 Å². The summed E-state index contributed by atoms with van der Waals surface area (Å²) in [6, 6.07) is 20.9. The van der Waals surface area contributed by atoms with E-state index in [0.29, 0.717) is 18.8 Å². The smallest absolute Gasteiger partial charge is 0.125 e. The standard InChI is InChI=1S/C31H38FN5/c1-24-21-31(15-18-36(24)22-25-9-7-13-28(19-25)35-16-5-6-17-35)30(34-27-11-3-2-4-12-27)33-23-37(31)29-14-8-10-26(32)20-29/h5-10,13-14,16-17,19-20,24,27H,2-4,11-12,15,18,21-23H2,1H3,(H,33,34). The third kappa shape index (κ3) is 4.91. The van der Waals surface area contributed by atoms with Crippen molar-refractivity contribution < 1.29 is 4.39 Å². The first-order chi connectivity index (χ1) is 18.1. The summed E-state index contributed by atoms with van der Waals surface area (Å²) >= 11 is 0. The van der Waals surface area contributed by atoms with Crippen molar-refractivity contribution in [3.05, 3.63) is 84.4 Å². The van der Waals surface area contributed by atoms with Crippen LogP contribution in [0.15, 0.2) is 78.0 Å². The summed E-state index contributed by atoms with van der Waals surface area (Å²) in [7, 11) is 0. The van der Waals surface area contributed by atoms with Gasteiger partial charge in [-0.3, -0.25) is 4.90 Å². The number of aliphatic imine (C=N–C) groups is 1. The van der Waals surface area contributed by atoms with E-state index >= 15 is 0 Å². The Morgan fingerprint density at radius 1 is 0.973 bits per heavy atom. The van der Waals surface area contributed by atoms with Crippen LogP contribution in [0.5, 0.6) is 0 Å². The Morgan fingerprint density at radius 2 is 1.76 bits per heavy atom. The van der Waals surface area contributed by atoms with Gasteiger partial charge in [0.25, 0.3) is 0 Å². The third-order valence-corrected chi connectivity index (χ3v) is 8.66. The molecule has 0 radical (unpaired) electrons. The molecular weight excluding hydrogens is 461 g/mol. The maximum absolute atomic E-state index is 14.3. The second kappa shape index (κ2) is 10.3. The van der Waals surface area contributed by atoms with Crippen LogP contribution in [0.4, 0.5) is 10.1 Å². The number of nitrogens with one attached hydrogen (secondary N) is 1. The Kier molecular flexibility index (Phi) is 6.76. The van der Waals surface area contributed by atoms with Crippen LogP contribution < -0.4 is 10.2 Å². The Labute approximate surface area is 220 Å². The molecule has 3 aliphatic rings. The van der Waals surface area contributed by atoms with Crippen molar-refractivity contribution in [2.75, 3.05) is 18.1 Å². The number of hydrogen-bond acceptors (Lipinski definition) is 4. The van der Waals surface area contributed by atoms with Crippen LogP contribution in [-0.2, 0) is 6.54 Å². The minimum atomic E-state index is -0.214. The maximum Gasteiger partial charge on any atom is 0.125 e. The van der Waals surface area contributed by atoms with Gasteiger partial charge in [0.15, 0.2) is 0 Å². The van der Waals surface area contributed by atoms with E-state index < -0.39 is 0 Å².